The molecule has 5 fully saturated rings. The summed E-state index contributed by atoms with van der Waals surface area (Å²) in [5.41, 5.74) is 2.56. The Morgan fingerprint density at radius 2 is 2.00 bits per heavy atom. The van der Waals surface area contributed by atoms with Crippen molar-refractivity contribution in [2.24, 2.45) is 11.3 Å². The van der Waals surface area contributed by atoms with E-state index < -0.39 is 0 Å². The molecular weight excluding hydrogens is 468 g/mol. The summed E-state index contributed by atoms with van der Waals surface area (Å²) >= 11 is 0. The molecule has 1 N–H and O–H groups in total. The molecule has 4 aliphatic heterocycles. The molecule has 1 aromatic heterocycles. The van der Waals surface area contributed by atoms with Crippen LogP contribution in [0.4, 0.5) is 0 Å². The van der Waals surface area contributed by atoms with Crippen molar-refractivity contribution < 1.29 is 19.4 Å². The second-order valence-electron chi connectivity index (χ2n) is 12.2. The van der Waals surface area contributed by atoms with Gasteiger partial charge in [0.05, 0.1) is 32.0 Å². The third-order valence-corrected chi connectivity index (χ3v) is 10.7. The minimum Gasteiger partial charge on any atom is -0.504 e. The number of aromatic nitrogens is 2. The first-order valence-electron chi connectivity index (χ1n) is 13.9. The topological polar surface area (TPSA) is 88.0 Å². The third-order valence-electron chi connectivity index (χ3n) is 10.7. The van der Waals surface area contributed by atoms with Gasteiger partial charge >= 0.3 is 0 Å². The van der Waals surface area contributed by atoms with Gasteiger partial charge in [-0.15, -0.1) is 0 Å². The standard InChI is InChI=1S/C29H34N4O4/c1-36-19-14-30-23(31-15-19)13-24(35)33-11-8-28-7-6-20(33)27-29(28)9-10-32(16-17-2-3-17)22(28)12-18-4-5-21(34)26(37-27)25(18)29/h4-5,14-15,17,20,22,27,34H,2-3,6-13,16H2,1H3/t20-,22-,27+,28-,29+/m1/s1. The van der Waals surface area contributed by atoms with Gasteiger partial charge in [-0.25, -0.2) is 9.97 Å². The van der Waals surface area contributed by atoms with Crippen molar-refractivity contribution in [3.63, 3.8) is 0 Å². The van der Waals surface area contributed by atoms with Crippen molar-refractivity contribution in [3.8, 4) is 17.2 Å². The van der Waals surface area contributed by atoms with Crippen LogP contribution >= 0.6 is 0 Å². The van der Waals surface area contributed by atoms with Gasteiger partial charge in [0.1, 0.15) is 11.9 Å². The molecule has 37 heavy (non-hydrogen) atoms. The van der Waals surface area contributed by atoms with E-state index in [0.29, 0.717) is 23.4 Å². The number of amides is 1. The highest BCUT2D eigenvalue weighted by Gasteiger charge is 2.74. The Morgan fingerprint density at radius 3 is 2.78 bits per heavy atom. The van der Waals surface area contributed by atoms with Crippen LogP contribution in [-0.2, 0) is 23.1 Å². The normalized spacial score (nSPS) is 35.1. The van der Waals surface area contributed by atoms with Crippen LogP contribution in [0.15, 0.2) is 24.5 Å². The molecule has 3 saturated heterocycles. The molecule has 3 aliphatic carbocycles. The van der Waals surface area contributed by atoms with E-state index in [4.69, 9.17) is 9.47 Å². The maximum atomic E-state index is 13.8. The maximum Gasteiger partial charge on any atom is 0.230 e. The lowest BCUT2D eigenvalue weighted by Crippen LogP contribution is -2.72. The molecule has 0 radical (unpaired) electrons. The van der Waals surface area contributed by atoms with Crippen molar-refractivity contribution in [1.29, 1.82) is 0 Å². The molecular formula is C29H34N4O4. The molecule has 5 heterocycles. The lowest BCUT2D eigenvalue weighted by Gasteiger charge is -2.66. The number of hydrogen-bond acceptors (Lipinski definition) is 7. The van der Waals surface area contributed by atoms with Crippen LogP contribution in [0, 0.1) is 11.3 Å². The molecule has 2 saturated carbocycles. The SMILES string of the molecule is COc1cnc(CC(=O)N2CC[C@@]34CC[C@@H]2[C@@H]2Oc5c(O)ccc6c5[C@@]23CCN(CC2CC2)[C@@H]4C6)nc1. The molecule has 194 valence electrons. The number of aromatic hydroxyl groups is 1. The number of rotatable bonds is 5. The number of hydrogen-bond donors (Lipinski definition) is 1. The number of benzene rings is 1. The highest BCUT2D eigenvalue weighted by atomic mass is 16.5. The lowest BCUT2D eigenvalue weighted by molar-refractivity contribution is -0.143. The average Bonchev–Trinajstić information content (AvgIpc) is 3.70. The Morgan fingerprint density at radius 1 is 1.16 bits per heavy atom. The summed E-state index contributed by atoms with van der Waals surface area (Å²) in [4.78, 5) is 27.4. The number of likely N-dealkylation sites (tertiary alicyclic amines) is 1. The summed E-state index contributed by atoms with van der Waals surface area (Å²) < 4.78 is 12.0. The van der Waals surface area contributed by atoms with Gasteiger partial charge in [-0.1, -0.05) is 6.07 Å². The van der Waals surface area contributed by atoms with Crippen molar-refractivity contribution in [3.05, 3.63) is 41.5 Å². The van der Waals surface area contributed by atoms with Gasteiger partial charge in [-0.3, -0.25) is 9.69 Å². The Kier molecular flexibility index (Phi) is 4.54. The highest BCUT2D eigenvalue weighted by molar-refractivity contribution is 5.79. The van der Waals surface area contributed by atoms with E-state index in [2.05, 4.69) is 25.8 Å². The van der Waals surface area contributed by atoms with E-state index in [1.165, 1.54) is 30.5 Å². The number of carbonyl (C=O) groups excluding carboxylic acids is 1. The van der Waals surface area contributed by atoms with E-state index in [0.717, 1.165) is 51.1 Å². The van der Waals surface area contributed by atoms with Gasteiger partial charge in [-0.2, -0.15) is 0 Å². The second kappa shape index (κ2) is 7.59. The fourth-order valence-corrected chi connectivity index (χ4v) is 9.07. The first kappa shape index (κ1) is 22.1. The van der Waals surface area contributed by atoms with Crippen molar-refractivity contribution in [1.82, 2.24) is 19.8 Å². The summed E-state index contributed by atoms with van der Waals surface area (Å²) in [6.07, 6.45) is 11.1. The van der Waals surface area contributed by atoms with E-state index in [1.807, 2.05) is 6.07 Å². The van der Waals surface area contributed by atoms with Gasteiger partial charge < -0.3 is 19.5 Å². The zero-order chi connectivity index (χ0) is 24.9. The number of fused-ring (bicyclic) bond motifs is 3. The fraction of sp³-hybridized carbons (Fsp3) is 0.621. The van der Waals surface area contributed by atoms with Crippen LogP contribution in [-0.4, -0.2) is 75.7 Å². The zero-order valence-corrected chi connectivity index (χ0v) is 21.4. The first-order chi connectivity index (χ1) is 18.0. The van der Waals surface area contributed by atoms with Crippen LogP contribution < -0.4 is 9.47 Å². The number of phenolic OH excluding ortho intramolecular Hbond substituents is 1. The number of methoxy groups -OCH3 is 1. The van der Waals surface area contributed by atoms with Gasteiger partial charge in [0, 0.05) is 35.5 Å². The van der Waals surface area contributed by atoms with Gasteiger partial charge in [0.25, 0.3) is 0 Å². The molecule has 5 atom stereocenters. The van der Waals surface area contributed by atoms with E-state index in [9.17, 15) is 9.90 Å². The molecule has 2 aromatic rings. The monoisotopic (exact) mass is 502 g/mol. The van der Waals surface area contributed by atoms with Crippen LogP contribution in [0.5, 0.6) is 17.2 Å². The lowest BCUT2D eigenvalue weighted by atomic mass is 9.42. The molecule has 0 unspecified atom stereocenters. The molecule has 1 amide bonds. The second-order valence-corrected chi connectivity index (χ2v) is 12.2. The van der Waals surface area contributed by atoms with Gasteiger partial charge in [0.15, 0.2) is 17.2 Å². The fourth-order valence-electron chi connectivity index (χ4n) is 9.07. The minimum absolute atomic E-state index is 0.00486. The summed E-state index contributed by atoms with van der Waals surface area (Å²) in [5, 5.41) is 10.9. The molecule has 9 rings (SSSR count). The Bertz CT molecular complexity index is 1280. The van der Waals surface area contributed by atoms with E-state index in [1.54, 1.807) is 19.5 Å². The van der Waals surface area contributed by atoms with Crippen LogP contribution in [0.3, 0.4) is 0 Å². The number of nitrogens with zero attached hydrogens (tertiary/aromatic N) is 4. The van der Waals surface area contributed by atoms with E-state index in [-0.39, 0.29) is 41.1 Å². The summed E-state index contributed by atoms with van der Waals surface area (Å²) in [5.74, 6) is 2.96. The summed E-state index contributed by atoms with van der Waals surface area (Å²) in [6.45, 7) is 3.03. The number of phenols is 1. The molecule has 8 nitrogen and oxygen atoms in total. The third kappa shape index (κ3) is 2.85. The number of piperidine rings is 1. The smallest absolute Gasteiger partial charge is 0.230 e. The molecule has 2 spiro atoms. The predicted molar refractivity (Wildman–Crippen MR) is 135 cm³/mol. The van der Waals surface area contributed by atoms with Crippen molar-refractivity contribution >= 4 is 5.91 Å². The zero-order valence-electron chi connectivity index (χ0n) is 21.4. The maximum absolute atomic E-state index is 13.8. The van der Waals surface area contributed by atoms with Crippen LogP contribution in [0.25, 0.3) is 0 Å². The average molecular weight is 503 g/mol. The molecule has 4 bridgehead atoms. The minimum atomic E-state index is -0.131. The quantitative estimate of drug-likeness (QED) is 0.673. The number of ether oxygens (including phenoxy) is 2. The van der Waals surface area contributed by atoms with Crippen LogP contribution in [0.1, 0.15) is 55.5 Å². The van der Waals surface area contributed by atoms with Crippen molar-refractivity contribution in [2.75, 3.05) is 26.7 Å². The molecule has 7 aliphatic rings. The van der Waals surface area contributed by atoms with E-state index >= 15 is 0 Å². The number of carbonyl (C=O) groups is 1. The van der Waals surface area contributed by atoms with Crippen molar-refractivity contribution in [2.45, 2.75) is 75.0 Å². The highest BCUT2D eigenvalue weighted by Crippen LogP contribution is 2.71. The Balaban J connectivity index is 1.20. The van der Waals surface area contributed by atoms with Crippen LogP contribution in [0.2, 0.25) is 0 Å². The summed E-state index contributed by atoms with van der Waals surface area (Å²) in [7, 11) is 1.58. The van der Waals surface area contributed by atoms with Gasteiger partial charge in [-0.05, 0) is 69.0 Å². The predicted octanol–water partition coefficient (Wildman–Crippen LogP) is 2.85. The Labute approximate surface area is 217 Å². The Hall–Kier alpha value is -2.87. The largest absolute Gasteiger partial charge is 0.504 e. The van der Waals surface area contributed by atoms with Gasteiger partial charge in [0.2, 0.25) is 5.91 Å². The summed E-state index contributed by atoms with van der Waals surface area (Å²) in [6, 6.07) is 4.43. The molecule has 1 aromatic carbocycles. The first-order valence-corrected chi connectivity index (χ1v) is 13.9. The molecule has 8 heteroatoms.